The van der Waals surface area contributed by atoms with Gasteiger partial charge < -0.3 is 11.1 Å². The highest BCUT2D eigenvalue weighted by Gasteiger charge is 2.24. The Bertz CT molecular complexity index is 646. The molecule has 24 heavy (non-hydrogen) atoms. The van der Waals surface area contributed by atoms with Gasteiger partial charge in [0.05, 0.1) is 5.69 Å². The van der Waals surface area contributed by atoms with E-state index in [4.69, 9.17) is 5.73 Å². The number of rotatable bonds is 6. The molecule has 1 amide bonds. The van der Waals surface area contributed by atoms with Crippen LogP contribution in [-0.4, -0.2) is 30.5 Å². The molecule has 1 saturated carbocycles. The first kappa shape index (κ1) is 16.8. The van der Waals surface area contributed by atoms with Crippen molar-refractivity contribution >= 4 is 23.6 Å². The molecular formula is C19H25N3O2. The van der Waals surface area contributed by atoms with Gasteiger partial charge in [0.2, 0.25) is 5.91 Å². The number of Topliss-reactive ketones (excluding diaryl/α,β-unsaturated/α-hetero) is 1. The molecule has 0 spiro atoms. The third-order valence-corrected chi connectivity index (χ3v) is 5.01. The minimum Gasteiger partial charge on any atom is -0.353 e. The monoisotopic (exact) mass is 327 g/mol. The van der Waals surface area contributed by atoms with Gasteiger partial charge in [0.15, 0.2) is 5.78 Å². The molecule has 0 aromatic heterocycles. The number of nitrogens with one attached hydrogen (secondary N) is 1. The fraction of sp³-hybridized carbons (Fsp3) is 0.526. The second-order valence-corrected chi connectivity index (χ2v) is 6.81. The Morgan fingerprint density at radius 2 is 2.00 bits per heavy atom. The highest BCUT2D eigenvalue weighted by atomic mass is 16.1. The average Bonchev–Trinajstić information content (AvgIpc) is 3.04. The van der Waals surface area contributed by atoms with Crippen molar-refractivity contribution in [3.05, 3.63) is 29.3 Å². The lowest BCUT2D eigenvalue weighted by molar-refractivity contribution is -0.121. The standard InChI is InChI=1S/C19H25N3O2/c20-9-7-19(24)22-16-5-1-13(2-6-16)11-18(23)15-4-3-14-8-10-21-17(14)12-15/h3-4,10,12-13,16H,1-2,5-9,11,20H2,(H,22,24). The molecule has 0 unspecified atom stereocenters. The molecule has 1 heterocycles. The second-order valence-electron chi connectivity index (χ2n) is 6.81. The molecule has 1 aliphatic carbocycles. The van der Waals surface area contributed by atoms with Crippen molar-refractivity contribution in [2.24, 2.45) is 16.6 Å². The number of ketones is 1. The first-order chi connectivity index (χ1) is 11.7. The van der Waals surface area contributed by atoms with Crippen molar-refractivity contribution < 1.29 is 9.59 Å². The van der Waals surface area contributed by atoms with Gasteiger partial charge >= 0.3 is 0 Å². The van der Waals surface area contributed by atoms with E-state index in [1.54, 1.807) is 0 Å². The molecule has 1 aromatic carbocycles. The summed E-state index contributed by atoms with van der Waals surface area (Å²) in [6.45, 7) is 0.389. The molecule has 0 radical (unpaired) electrons. The Labute approximate surface area is 142 Å². The topological polar surface area (TPSA) is 84.5 Å². The first-order valence-electron chi connectivity index (χ1n) is 8.84. The summed E-state index contributed by atoms with van der Waals surface area (Å²) < 4.78 is 0. The van der Waals surface area contributed by atoms with Gasteiger partial charge in [-0.05, 0) is 43.2 Å². The third kappa shape index (κ3) is 4.09. The van der Waals surface area contributed by atoms with Gasteiger partial charge in [-0.1, -0.05) is 12.1 Å². The summed E-state index contributed by atoms with van der Waals surface area (Å²) in [6.07, 6.45) is 7.60. The average molecular weight is 327 g/mol. The molecule has 3 N–H and O–H groups in total. The smallest absolute Gasteiger partial charge is 0.221 e. The maximum Gasteiger partial charge on any atom is 0.221 e. The van der Waals surface area contributed by atoms with Crippen LogP contribution < -0.4 is 11.1 Å². The highest BCUT2D eigenvalue weighted by molar-refractivity contribution is 5.97. The van der Waals surface area contributed by atoms with Crippen LogP contribution in [0.1, 0.15) is 54.4 Å². The number of amides is 1. The third-order valence-electron chi connectivity index (χ3n) is 5.01. The van der Waals surface area contributed by atoms with E-state index < -0.39 is 0 Å². The fourth-order valence-corrected chi connectivity index (χ4v) is 3.59. The second kappa shape index (κ2) is 7.71. The molecular weight excluding hydrogens is 302 g/mol. The molecule has 2 aliphatic rings. The van der Waals surface area contributed by atoms with E-state index >= 15 is 0 Å². The summed E-state index contributed by atoms with van der Waals surface area (Å²) in [5.41, 5.74) is 8.30. The first-order valence-corrected chi connectivity index (χ1v) is 8.84. The van der Waals surface area contributed by atoms with Crippen molar-refractivity contribution in [3.8, 4) is 0 Å². The van der Waals surface area contributed by atoms with Crippen LogP contribution in [0.25, 0.3) is 0 Å². The molecule has 3 rings (SSSR count). The SMILES string of the molecule is NCCC(=O)NC1CCC(CC(=O)c2ccc3c(c2)N=CC3)CC1. The number of fused-ring (bicyclic) bond motifs is 1. The molecule has 128 valence electrons. The van der Waals surface area contributed by atoms with Gasteiger partial charge in [0.25, 0.3) is 0 Å². The van der Waals surface area contributed by atoms with Gasteiger partial charge in [-0.3, -0.25) is 14.6 Å². The lowest BCUT2D eigenvalue weighted by atomic mass is 9.82. The van der Waals surface area contributed by atoms with E-state index in [2.05, 4.69) is 10.3 Å². The molecule has 0 atom stereocenters. The van der Waals surface area contributed by atoms with Crippen molar-refractivity contribution in [1.29, 1.82) is 0 Å². The minimum atomic E-state index is 0.0377. The summed E-state index contributed by atoms with van der Waals surface area (Å²) in [7, 11) is 0. The van der Waals surface area contributed by atoms with E-state index in [9.17, 15) is 9.59 Å². The number of hydrogen-bond acceptors (Lipinski definition) is 4. The molecule has 0 saturated heterocycles. The highest BCUT2D eigenvalue weighted by Crippen LogP contribution is 2.30. The van der Waals surface area contributed by atoms with E-state index in [0.717, 1.165) is 43.4 Å². The van der Waals surface area contributed by atoms with Crippen molar-refractivity contribution in [3.63, 3.8) is 0 Å². The zero-order valence-corrected chi connectivity index (χ0v) is 14.0. The van der Waals surface area contributed by atoms with E-state index in [1.165, 1.54) is 5.56 Å². The maximum absolute atomic E-state index is 12.5. The number of nitrogens with zero attached hydrogens (tertiary/aromatic N) is 1. The van der Waals surface area contributed by atoms with Crippen LogP contribution in [0.15, 0.2) is 23.2 Å². The normalized spacial score (nSPS) is 22.2. The van der Waals surface area contributed by atoms with Crippen LogP contribution in [0.3, 0.4) is 0 Å². The largest absolute Gasteiger partial charge is 0.353 e. The Kier molecular flexibility index (Phi) is 5.41. The summed E-state index contributed by atoms with van der Waals surface area (Å²) >= 11 is 0. The molecule has 0 bridgehead atoms. The number of carbonyl (C=O) groups excluding carboxylic acids is 2. The van der Waals surface area contributed by atoms with Crippen LogP contribution in [0.5, 0.6) is 0 Å². The molecule has 1 aromatic rings. The van der Waals surface area contributed by atoms with E-state index in [-0.39, 0.29) is 17.7 Å². The summed E-state index contributed by atoms with van der Waals surface area (Å²) in [6, 6.07) is 6.10. The number of carbonyl (C=O) groups is 2. The summed E-state index contributed by atoms with van der Waals surface area (Å²) in [5.74, 6) is 0.656. The molecule has 5 nitrogen and oxygen atoms in total. The Morgan fingerprint density at radius 3 is 2.75 bits per heavy atom. The predicted octanol–water partition coefficient (Wildman–Crippen LogP) is 2.54. The maximum atomic E-state index is 12.5. The van der Waals surface area contributed by atoms with Gasteiger partial charge in [-0.25, -0.2) is 0 Å². The summed E-state index contributed by atoms with van der Waals surface area (Å²) in [4.78, 5) is 28.4. The lowest BCUT2D eigenvalue weighted by Crippen LogP contribution is -2.38. The number of nitrogens with two attached hydrogens (primary N) is 1. The van der Waals surface area contributed by atoms with Crippen LogP contribution >= 0.6 is 0 Å². The summed E-state index contributed by atoms with van der Waals surface area (Å²) in [5, 5.41) is 3.03. The number of benzene rings is 1. The minimum absolute atomic E-state index is 0.0377. The molecule has 5 heteroatoms. The van der Waals surface area contributed by atoms with Crippen molar-refractivity contribution in [2.75, 3.05) is 6.54 Å². The molecule has 1 fully saturated rings. The Morgan fingerprint density at radius 1 is 1.21 bits per heavy atom. The van der Waals surface area contributed by atoms with Crippen LogP contribution in [-0.2, 0) is 11.2 Å². The number of aliphatic imine (C=N–C) groups is 1. The van der Waals surface area contributed by atoms with Crippen LogP contribution in [0, 0.1) is 5.92 Å². The zero-order chi connectivity index (χ0) is 16.9. The van der Waals surface area contributed by atoms with Crippen LogP contribution in [0.2, 0.25) is 0 Å². The van der Waals surface area contributed by atoms with Crippen molar-refractivity contribution in [1.82, 2.24) is 5.32 Å². The number of hydrogen-bond donors (Lipinski definition) is 2. The van der Waals surface area contributed by atoms with Gasteiger partial charge in [-0.15, -0.1) is 0 Å². The quantitative estimate of drug-likeness (QED) is 0.787. The van der Waals surface area contributed by atoms with Gasteiger partial charge in [0, 0.05) is 43.6 Å². The van der Waals surface area contributed by atoms with E-state index in [1.807, 2.05) is 24.4 Å². The Hall–Kier alpha value is -2.01. The van der Waals surface area contributed by atoms with Crippen molar-refractivity contribution in [2.45, 2.75) is 51.0 Å². The lowest BCUT2D eigenvalue weighted by Gasteiger charge is -2.28. The zero-order valence-electron chi connectivity index (χ0n) is 14.0. The van der Waals surface area contributed by atoms with Gasteiger partial charge in [-0.2, -0.15) is 0 Å². The van der Waals surface area contributed by atoms with Crippen LogP contribution in [0.4, 0.5) is 5.69 Å². The molecule has 1 aliphatic heterocycles. The van der Waals surface area contributed by atoms with E-state index in [0.29, 0.717) is 25.3 Å². The predicted molar refractivity (Wildman–Crippen MR) is 94.8 cm³/mol. The fourth-order valence-electron chi connectivity index (χ4n) is 3.59. The van der Waals surface area contributed by atoms with Gasteiger partial charge in [0.1, 0.15) is 0 Å². The Balaban J connectivity index is 1.48.